The summed E-state index contributed by atoms with van der Waals surface area (Å²) in [6.07, 6.45) is 4.87. The number of carbonyl (C=O) groups is 1. The van der Waals surface area contributed by atoms with Crippen molar-refractivity contribution in [2.24, 2.45) is 17.8 Å². The fraction of sp³-hybridized carbons (Fsp3) is 0.611. The van der Waals surface area contributed by atoms with E-state index in [1.165, 1.54) is 25.0 Å². The van der Waals surface area contributed by atoms with Crippen LogP contribution in [-0.2, 0) is 11.2 Å². The predicted octanol–water partition coefficient (Wildman–Crippen LogP) is 4.71. The van der Waals surface area contributed by atoms with Crippen LogP contribution >= 0.6 is 0 Å². The third-order valence-electron chi connectivity index (χ3n) is 4.84. The van der Waals surface area contributed by atoms with E-state index in [9.17, 15) is 9.18 Å². The number of carbonyl (C=O) groups excluding carboxylic acids is 1. The van der Waals surface area contributed by atoms with Crippen molar-refractivity contribution in [2.75, 3.05) is 0 Å². The Morgan fingerprint density at radius 2 is 1.90 bits per heavy atom. The van der Waals surface area contributed by atoms with Gasteiger partial charge in [0.2, 0.25) is 0 Å². The van der Waals surface area contributed by atoms with Crippen molar-refractivity contribution in [1.29, 1.82) is 0 Å². The Labute approximate surface area is 121 Å². The fourth-order valence-corrected chi connectivity index (χ4v) is 3.30. The van der Waals surface area contributed by atoms with Crippen LogP contribution in [0.5, 0.6) is 0 Å². The summed E-state index contributed by atoms with van der Waals surface area (Å²) in [5, 5.41) is 0. The molecular weight excluding hydrogens is 251 g/mol. The summed E-state index contributed by atoms with van der Waals surface area (Å²) < 4.78 is 13.1. The molecule has 0 heterocycles. The molecule has 110 valence electrons. The zero-order valence-corrected chi connectivity index (χ0v) is 12.8. The first-order valence-corrected chi connectivity index (χ1v) is 7.75. The number of benzene rings is 1. The molecule has 1 fully saturated rings. The highest BCUT2D eigenvalue weighted by Gasteiger charge is 2.27. The largest absolute Gasteiger partial charge is 0.299 e. The van der Waals surface area contributed by atoms with Crippen LogP contribution in [0.3, 0.4) is 0 Å². The molecule has 0 bridgehead atoms. The number of ketones is 1. The minimum absolute atomic E-state index is 0.217. The lowest BCUT2D eigenvalue weighted by molar-refractivity contribution is -0.123. The van der Waals surface area contributed by atoms with Gasteiger partial charge in [-0.2, -0.15) is 0 Å². The molecule has 1 nitrogen and oxygen atoms in total. The quantitative estimate of drug-likeness (QED) is 0.778. The second kappa shape index (κ2) is 6.51. The summed E-state index contributed by atoms with van der Waals surface area (Å²) in [7, 11) is 0. The molecule has 0 radical (unpaired) electrons. The van der Waals surface area contributed by atoms with Crippen molar-refractivity contribution in [3.63, 3.8) is 0 Å². The van der Waals surface area contributed by atoms with E-state index in [1.807, 2.05) is 6.92 Å². The van der Waals surface area contributed by atoms with Gasteiger partial charge in [-0.05, 0) is 67.7 Å². The van der Waals surface area contributed by atoms with Gasteiger partial charge in [-0.25, -0.2) is 4.39 Å². The number of rotatable bonds is 4. The molecular formula is C18H25FO. The first kappa shape index (κ1) is 15.2. The predicted molar refractivity (Wildman–Crippen MR) is 80.1 cm³/mol. The molecule has 1 aromatic rings. The van der Waals surface area contributed by atoms with Crippen LogP contribution < -0.4 is 0 Å². The van der Waals surface area contributed by atoms with E-state index in [4.69, 9.17) is 0 Å². The van der Waals surface area contributed by atoms with E-state index in [0.29, 0.717) is 12.2 Å². The molecule has 1 aliphatic carbocycles. The third-order valence-corrected chi connectivity index (χ3v) is 4.84. The topological polar surface area (TPSA) is 17.1 Å². The lowest BCUT2D eigenvalue weighted by atomic mass is 9.75. The van der Waals surface area contributed by atoms with Gasteiger partial charge < -0.3 is 0 Å². The van der Waals surface area contributed by atoms with E-state index in [2.05, 4.69) is 13.8 Å². The van der Waals surface area contributed by atoms with Crippen molar-refractivity contribution in [3.8, 4) is 0 Å². The number of Topliss-reactive ketones (excluding diaryl/α,β-unsaturated/α-hetero) is 1. The molecule has 0 atom stereocenters. The first-order valence-electron chi connectivity index (χ1n) is 7.75. The second-order valence-electron chi connectivity index (χ2n) is 6.57. The maximum absolute atomic E-state index is 13.1. The summed E-state index contributed by atoms with van der Waals surface area (Å²) in [5.41, 5.74) is 1.86. The van der Waals surface area contributed by atoms with Crippen LogP contribution in [0, 0.1) is 30.5 Å². The van der Waals surface area contributed by atoms with Gasteiger partial charge >= 0.3 is 0 Å². The van der Waals surface area contributed by atoms with E-state index in [0.717, 1.165) is 35.8 Å². The third kappa shape index (κ3) is 3.68. The lowest BCUT2D eigenvalue weighted by Gasteiger charge is -2.30. The van der Waals surface area contributed by atoms with E-state index in [1.54, 1.807) is 6.07 Å². The Balaban J connectivity index is 1.93. The molecule has 1 aliphatic rings. The monoisotopic (exact) mass is 276 g/mol. The van der Waals surface area contributed by atoms with Gasteiger partial charge in [0.05, 0.1) is 0 Å². The van der Waals surface area contributed by atoms with Gasteiger partial charge in [0.1, 0.15) is 11.6 Å². The number of hydrogen-bond acceptors (Lipinski definition) is 1. The van der Waals surface area contributed by atoms with Crippen molar-refractivity contribution in [2.45, 2.75) is 52.9 Å². The molecule has 0 aromatic heterocycles. The van der Waals surface area contributed by atoms with Crippen LogP contribution in [0.15, 0.2) is 18.2 Å². The summed E-state index contributed by atoms with van der Waals surface area (Å²) in [4.78, 5) is 12.4. The summed E-state index contributed by atoms with van der Waals surface area (Å²) in [5.74, 6) is 1.84. The van der Waals surface area contributed by atoms with Gasteiger partial charge in [0, 0.05) is 12.3 Å². The van der Waals surface area contributed by atoms with Crippen LogP contribution in [0.2, 0.25) is 0 Å². The summed E-state index contributed by atoms with van der Waals surface area (Å²) >= 11 is 0. The Bertz CT molecular complexity index is 470. The van der Waals surface area contributed by atoms with Gasteiger partial charge in [-0.15, -0.1) is 0 Å². The Morgan fingerprint density at radius 1 is 1.25 bits per heavy atom. The van der Waals surface area contributed by atoms with Crippen LogP contribution in [0.4, 0.5) is 4.39 Å². The highest BCUT2D eigenvalue weighted by molar-refractivity contribution is 5.83. The molecule has 0 unspecified atom stereocenters. The van der Waals surface area contributed by atoms with Crippen molar-refractivity contribution in [3.05, 3.63) is 35.1 Å². The smallest absolute Gasteiger partial charge is 0.140 e. The van der Waals surface area contributed by atoms with Crippen LogP contribution in [0.25, 0.3) is 0 Å². The van der Waals surface area contributed by atoms with Crippen LogP contribution in [0.1, 0.15) is 50.7 Å². The SMILES string of the molecule is Cc1cc(F)ccc1CC(=O)C1CCC(C(C)C)CC1. The zero-order chi connectivity index (χ0) is 14.7. The van der Waals surface area contributed by atoms with Gasteiger partial charge in [0.15, 0.2) is 0 Å². The summed E-state index contributed by atoms with van der Waals surface area (Å²) in [6.45, 7) is 6.42. The zero-order valence-electron chi connectivity index (χ0n) is 12.8. The highest BCUT2D eigenvalue weighted by atomic mass is 19.1. The van der Waals surface area contributed by atoms with Crippen molar-refractivity contribution >= 4 is 5.78 Å². The Hall–Kier alpha value is -1.18. The normalized spacial score (nSPS) is 23.1. The average Bonchev–Trinajstić information content (AvgIpc) is 2.42. The molecule has 0 N–H and O–H groups in total. The van der Waals surface area contributed by atoms with E-state index >= 15 is 0 Å². The van der Waals surface area contributed by atoms with E-state index < -0.39 is 0 Å². The minimum Gasteiger partial charge on any atom is -0.299 e. The molecule has 2 heteroatoms. The minimum atomic E-state index is -0.226. The molecule has 1 saturated carbocycles. The number of hydrogen-bond donors (Lipinski definition) is 0. The highest BCUT2D eigenvalue weighted by Crippen LogP contribution is 2.34. The fourth-order valence-electron chi connectivity index (χ4n) is 3.30. The van der Waals surface area contributed by atoms with Gasteiger partial charge in [-0.3, -0.25) is 4.79 Å². The van der Waals surface area contributed by atoms with Crippen molar-refractivity contribution in [1.82, 2.24) is 0 Å². The van der Waals surface area contributed by atoms with Crippen LogP contribution in [-0.4, -0.2) is 5.78 Å². The molecule has 1 aromatic carbocycles. The average molecular weight is 276 g/mol. The molecule has 0 saturated heterocycles. The lowest BCUT2D eigenvalue weighted by Crippen LogP contribution is -2.25. The maximum Gasteiger partial charge on any atom is 0.140 e. The number of halogens is 1. The molecule has 20 heavy (non-hydrogen) atoms. The Kier molecular flexibility index (Phi) is 4.95. The number of aryl methyl sites for hydroxylation is 1. The second-order valence-corrected chi connectivity index (χ2v) is 6.57. The standard InChI is InChI=1S/C18H25FO/c1-12(2)14-4-6-15(7-5-14)18(20)11-16-8-9-17(19)10-13(16)3/h8-10,12,14-15H,4-7,11H2,1-3H3. The maximum atomic E-state index is 13.1. The molecule has 0 aliphatic heterocycles. The van der Waals surface area contributed by atoms with E-state index in [-0.39, 0.29) is 11.7 Å². The van der Waals surface area contributed by atoms with Crippen molar-refractivity contribution < 1.29 is 9.18 Å². The molecule has 2 rings (SSSR count). The molecule has 0 spiro atoms. The first-order chi connectivity index (χ1) is 9.47. The Morgan fingerprint density at radius 3 is 2.45 bits per heavy atom. The summed E-state index contributed by atoms with van der Waals surface area (Å²) in [6, 6.07) is 4.71. The van der Waals surface area contributed by atoms with Gasteiger partial charge in [0.25, 0.3) is 0 Å². The van der Waals surface area contributed by atoms with Gasteiger partial charge in [-0.1, -0.05) is 19.9 Å². The molecule has 0 amide bonds.